The van der Waals surface area contributed by atoms with Gasteiger partial charge in [-0.25, -0.2) is 4.98 Å². The van der Waals surface area contributed by atoms with Gasteiger partial charge in [0.25, 0.3) is 0 Å². The molecule has 0 fully saturated rings. The van der Waals surface area contributed by atoms with Crippen LogP contribution in [0.2, 0.25) is 0 Å². The minimum atomic E-state index is 0.416. The van der Waals surface area contributed by atoms with E-state index in [0.29, 0.717) is 6.04 Å². The standard InChI is InChI=1S/C11H22N4O/c1-4-12-10(6-7-16-3)8-11-13-9-14-15(11)5-2/h9-10,12H,4-8H2,1-3H3. The molecule has 1 aromatic heterocycles. The second-order valence-electron chi connectivity index (χ2n) is 3.73. The zero-order valence-corrected chi connectivity index (χ0v) is 10.4. The van der Waals surface area contributed by atoms with Crippen LogP contribution in [-0.4, -0.2) is 41.1 Å². The van der Waals surface area contributed by atoms with Gasteiger partial charge < -0.3 is 10.1 Å². The smallest absolute Gasteiger partial charge is 0.138 e. The zero-order chi connectivity index (χ0) is 11.8. The summed E-state index contributed by atoms with van der Waals surface area (Å²) in [6.45, 7) is 6.81. The Hall–Kier alpha value is -0.940. The topological polar surface area (TPSA) is 52.0 Å². The molecule has 0 saturated carbocycles. The van der Waals surface area contributed by atoms with Gasteiger partial charge in [-0.3, -0.25) is 4.68 Å². The van der Waals surface area contributed by atoms with Crippen LogP contribution in [0.1, 0.15) is 26.1 Å². The van der Waals surface area contributed by atoms with Crippen LogP contribution in [0.4, 0.5) is 0 Å². The minimum absolute atomic E-state index is 0.416. The van der Waals surface area contributed by atoms with E-state index in [0.717, 1.165) is 38.4 Å². The van der Waals surface area contributed by atoms with Crippen LogP contribution in [0, 0.1) is 0 Å². The fourth-order valence-corrected chi connectivity index (χ4v) is 1.76. The number of aryl methyl sites for hydroxylation is 1. The first kappa shape index (κ1) is 13.1. The molecule has 0 aromatic carbocycles. The van der Waals surface area contributed by atoms with Gasteiger partial charge in [-0.2, -0.15) is 5.10 Å². The van der Waals surface area contributed by atoms with Gasteiger partial charge in [0.2, 0.25) is 0 Å². The van der Waals surface area contributed by atoms with Crippen molar-refractivity contribution in [2.45, 2.75) is 39.3 Å². The predicted octanol–water partition coefficient (Wildman–Crippen LogP) is 0.855. The van der Waals surface area contributed by atoms with Gasteiger partial charge in [-0.05, 0) is 19.9 Å². The number of likely N-dealkylation sites (N-methyl/N-ethyl adjacent to an activating group) is 1. The summed E-state index contributed by atoms with van der Waals surface area (Å²) < 4.78 is 7.05. The van der Waals surface area contributed by atoms with Crippen molar-refractivity contribution >= 4 is 0 Å². The molecule has 0 radical (unpaired) electrons. The highest BCUT2D eigenvalue weighted by Crippen LogP contribution is 2.03. The lowest BCUT2D eigenvalue weighted by atomic mass is 10.1. The Labute approximate surface area is 97.2 Å². The largest absolute Gasteiger partial charge is 0.385 e. The zero-order valence-electron chi connectivity index (χ0n) is 10.4. The fraction of sp³-hybridized carbons (Fsp3) is 0.818. The Kier molecular flexibility index (Phi) is 6.03. The molecule has 5 heteroatoms. The van der Waals surface area contributed by atoms with Crippen molar-refractivity contribution < 1.29 is 4.74 Å². The van der Waals surface area contributed by atoms with Crippen molar-refractivity contribution in [2.24, 2.45) is 0 Å². The molecule has 92 valence electrons. The average Bonchev–Trinajstić information content (AvgIpc) is 2.73. The molecule has 5 nitrogen and oxygen atoms in total. The first-order valence-electron chi connectivity index (χ1n) is 5.90. The molecular formula is C11H22N4O. The molecule has 0 spiro atoms. The van der Waals surface area contributed by atoms with Crippen LogP contribution in [0.3, 0.4) is 0 Å². The maximum atomic E-state index is 5.11. The van der Waals surface area contributed by atoms with E-state index in [-0.39, 0.29) is 0 Å². The first-order chi connectivity index (χ1) is 7.81. The van der Waals surface area contributed by atoms with Crippen LogP contribution in [-0.2, 0) is 17.7 Å². The highest BCUT2D eigenvalue weighted by molar-refractivity contribution is 4.89. The predicted molar refractivity (Wildman–Crippen MR) is 63.4 cm³/mol. The van der Waals surface area contributed by atoms with E-state index in [1.165, 1.54) is 0 Å². The Morgan fingerprint density at radius 1 is 1.50 bits per heavy atom. The third-order valence-corrected chi connectivity index (χ3v) is 2.59. The molecule has 0 bridgehead atoms. The SMILES string of the molecule is CCNC(CCOC)Cc1ncnn1CC. The summed E-state index contributed by atoms with van der Waals surface area (Å²) in [6, 6.07) is 0.416. The van der Waals surface area contributed by atoms with E-state index >= 15 is 0 Å². The van der Waals surface area contributed by atoms with Gasteiger partial charge >= 0.3 is 0 Å². The Balaban J connectivity index is 2.52. The summed E-state index contributed by atoms with van der Waals surface area (Å²) >= 11 is 0. The molecule has 1 heterocycles. The van der Waals surface area contributed by atoms with Crippen molar-refractivity contribution in [2.75, 3.05) is 20.3 Å². The molecule has 0 aliphatic heterocycles. The van der Waals surface area contributed by atoms with Crippen LogP contribution in [0.15, 0.2) is 6.33 Å². The third kappa shape index (κ3) is 3.90. The molecular weight excluding hydrogens is 204 g/mol. The van der Waals surface area contributed by atoms with Gasteiger partial charge in [0, 0.05) is 32.7 Å². The summed E-state index contributed by atoms with van der Waals surface area (Å²) in [4.78, 5) is 4.29. The van der Waals surface area contributed by atoms with Gasteiger partial charge in [0.1, 0.15) is 12.2 Å². The van der Waals surface area contributed by atoms with E-state index in [4.69, 9.17) is 4.74 Å². The van der Waals surface area contributed by atoms with Crippen LogP contribution < -0.4 is 5.32 Å². The van der Waals surface area contributed by atoms with E-state index < -0.39 is 0 Å². The second kappa shape index (κ2) is 7.35. The van der Waals surface area contributed by atoms with Gasteiger partial charge in [0.05, 0.1) is 0 Å². The molecule has 1 unspecified atom stereocenters. The highest BCUT2D eigenvalue weighted by Gasteiger charge is 2.12. The Morgan fingerprint density at radius 3 is 2.94 bits per heavy atom. The molecule has 0 aliphatic rings. The summed E-state index contributed by atoms with van der Waals surface area (Å²) in [7, 11) is 1.73. The van der Waals surface area contributed by atoms with E-state index in [2.05, 4.69) is 29.2 Å². The number of nitrogens with zero attached hydrogens (tertiary/aromatic N) is 3. The molecule has 16 heavy (non-hydrogen) atoms. The van der Waals surface area contributed by atoms with Gasteiger partial charge in [-0.15, -0.1) is 0 Å². The van der Waals surface area contributed by atoms with Crippen LogP contribution >= 0.6 is 0 Å². The molecule has 0 amide bonds. The molecule has 1 aromatic rings. The third-order valence-electron chi connectivity index (χ3n) is 2.59. The first-order valence-corrected chi connectivity index (χ1v) is 5.90. The van der Waals surface area contributed by atoms with Crippen LogP contribution in [0.5, 0.6) is 0 Å². The minimum Gasteiger partial charge on any atom is -0.385 e. The molecule has 1 N–H and O–H groups in total. The summed E-state index contributed by atoms with van der Waals surface area (Å²) in [5.41, 5.74) is 0. The van der Waals surface area contributed by atoms with E-state index in [1.54, 1.807) is 13.4 Å². The van der Waals surface area contributed by atoms with E-state index in [9.17, 15) is 0 Å². The van der Waals surface area contributed by atoms with Crippen molar-refractivity contribution in [1.82, 2.24) is 20.1 Å². The number of hydrogen-bond donors (Lipinski definition) is 1. The number of hydrogen-bond acceptors (Lipinski definition) is 4. The summed E-state index contributed by atoms with van der Waals surface area (Å²) in [5.74, 6) is 1.05. The quantitative estimate of drug-likeness (QED) is 0.714. The molecule has 0 saturated heterocycles. The number of nitrogens with one attached hydrogen (secondary N) is 1. The van der Waals surface area contributed by atoms with Crippen molar-refractivity contribution in [3.63, 3.8) is 0 Å². The number of ether oxygens (including phenoxy) is 1. The fourth-order valence-electron chi connectivity index (χ4n) is 1.76. The monoisotopic (exact) mass is 226 g/mol. The lowest BCUT2D eigenvalue weighted by Gasteiger charge is -2.17. The normalized spacial score (nSPS) is 12.9. The maximum Gasteiger partial charge on any atom is 0.138 e. The molecule has 1 atom stereocenters. The molecule has 1 rings (SSSR count). The van der Waals surface area contributed by atoms with Gasteiger partial charge in [0.15, 0.2) is 0 Å². The lowest BCUT2D eigenvalue weighted by molar-refractivity contribution is 0.182. The summed E-state index contributed by atoms with van der Waals surface area (Å²) in [6.07, 6.45) is 3.53. The summed E-state index contributed by atoms with van der Waals surface area (Å²) in [5, 5.41) is 7.62. The number of rotatable bonds is 8. The van der Waals surface area contributed by atoms with Crippen molar-refractivity contribution in [3.05, 3.63) is 12.2 Å². The maximum absolute atomic E-state index is 5.11. The van der Waals surface area contributed by atoms with Crippen LogP contribution in [0.25, 0.3) is 0 Å². The van der Waals surface area contributed by atoms with Gasteiger partial charge in [-0.1, -0.05) is 6.92 Å². The number of aromatic nitrogens is 3. The number of methoxy groups -OCH3 is 1. The Morgan fingerprint density at radius 2 is 2.31 bits per heavy atom. The second-order valence-corrected chi connectivity index (χ2v) is 3.73. The average molecular weight is 226 g/mol. The Bertz CT molecular complexity index is 287. The van der Waals surface area contributed by atoms with E-state index in [1.807, 2.05) is 4.68 Å². The molecule has 0 aliphatic carbocycles. The lowest BCUT2D eigenvalue weighted by Crippen LogP contribution is -2.33. The highest BCUT2D eigenvalue weighted by atomic mass is 16.5. The van der Waals surface area contributed by atoms with Crippen molar-refractivity contribution in [1.29, 1.82) is 0 Å². The van der Waals surface area contributed by atoms with Crippen molar-refractivity contribution in [3.8, 4) is 0 Å².